The minimum absolute atomic E-state index is 0.00601. The maximum atomic E-state index is 13.9. The Morgan fingerprint density at radius 3 is 2.68 bits per heavy atom. The molecule has 132 valence electrons. The van der Waals surface area contributed by atoms with Crippen LogP contribution in [0.1, 0.15) is 18.1 Å². The van der Waals surface area contributed by atoms with E-state index < -0.39 is 0 Å². The summed E-state index contributed by atoms with van der Waals surface area (Å²) in [5, 5.41) is 0. The number of carbonyl (C=O) groups is 1. The van der Waals surface area contributed by atoms with Gasteiger partial charge >= 0.3 is 0 Å². The summed E-state index contributed by atoms with van der Waals surface area (Å²) in [6, 6.07) is 12.2. The molecule has 0 N–H and O–H groups in total. The molecule has 0 radical (unpaired) electrons. The summed E-state index contributed by atoms with van der Waals surface area (Å²) < 4.78 is 19.3. The van der Waals surface area contributed by atoms with Crippen molar-refractivity contribution >= 4 is 11.6 Å². The summed E-state index contributed by atoms with van der Waals surface area (Å²) >= 11 is 0. The normalized spacial score (nSPS) is 18.5. The lowest BCUT2D eigenvalue weighted by Gasteiger charge is -2.39. The van der Waals surface area contributed by atoms with Gasteiger partial charge in [0, 0.05) is 25.2 Å². The van der Waals surface area contributed by atoms with Crippen molar-refractivity contribution in [2.24, 2.45) is 0 Å². The number of piperazine rings is 1. The highest BCUT2D eigenvalue weighted by Crippen LogP contribution is 2.31. The fourth-order valence-corrected chi connectivity index (χ4v) is 3.23. The van der Waals surface area contributed by atoms with Crippen molar-refractivity contribution in [1.29, 1.82) is 0 Å². The van der Waals surface area contributed by atoms with Crippen molar-refractivity contribution in [1.82, 2.24) is 4.90 Å². The Hall–Kier alpha value is -2.40. The van der Waals surface area contributed by atoms with Crippen LogP contribution < -0.4 is 9.64 Å². The Balaban J connectivity index is 1.80. The predicted octanol–water partition coefficient (Wildman–Crippen LogP) is 3.38. The minimum atomic E-state index is -0.321. The number of aryl methyl sites for hydroxylation is 1. The topological polar surface area (TPSA) is 32.8 Å². The zero-order valence-corrected chi connectivity index (χ0v) is 14.8. The lowest BCUT2D eigenvalue weighted by Crippen LogP contribution is -2.55. The molecule has 1 unspecified atom stereocenters. The van der Waals surface area contributed by atoms with Crippen molar-refractivity contribution in [2.75, 3.05) is 25.1 Å². The number of rotatable bonds is 4. The van der Waals surface area contributed by atoms with Gasteiger partial charge in [-0.15, -0.1) is 0 Å². The average molecular weight is 342 g/mol. The van der Waals surface area contributed by atoms with Crippen LogP contribution in [0.2, 0.25) is 0 Å². The summed E-state index contributed by atoms with van der Waals surface area (Å²) in [5.74, 6) is 0.463. The summed E-state index contributed by atoms with van der Waals surface area (Å²) in [6.45, 7) is 5.52. The molecular formula is C20H23FN2O2. The Labute approximate surface area is 147 Å². The molecule has 4 nitrogen and oxygen atoms in total. The lowest BCUT2D eigenvalue weighted by molar-refractivity contribution is -0.125. The van der Waals surface area contributed by atoms with Gasteiger partial charge in [-0.2, -0.15) is 0 Å². The van der Waals surface area contributed by atoms with Crippen LogP contribution in [0.4, 0.5) is 10.1 Å². The first-order valence-corrected chi connectivity index (χ1v) is 8.44. The standard InChI is InChI=1S/C20H23FN2O2/c1-14-8-9-19(25-3)18(12-14)23-11-10-22(15(2)20(23)24)13-16-6-4-5-7-17(16)21/h4-9,12,15H,10-11,13H2,1-3H3. The highest BCUT2D eigenvalue weighted by molar-refractivity contribution is 5.99. The Morgan fingerprint density at radius 2 is 1.96 bits per heavy atom. The van der Waals surface area contributed by atoms with E-state index in [1.165, 1.54) is 6.07 Å². The second-order valence-electron chi connectivity index (χ2n) is 6.40. The quantitative estimate of drug-likeness (QED) is 0.854. The van der Waals surface area contributed by atoms with Gasteiger partial charge in [0.15, 0.2) is 0 Å². The van der Waals surface area contributed by atoms with Gasteiger partial charge in [-0.05, 0) is 37.6 Å². The molecule has 2 aromatic rings. The molecule has 1 heterocycles. The number of carbonyl (C=O) groups excluding carboxylic acids is 1. The zero-order chi connectivity index (χ0) is 18.0. The molecule has 0 bridgehead atoms. The Kier molecular flexibility index (Phi) is 5.04. The molecule has 1 aliphatic heterocycles. The van der Waals surface area contributed by atoms with Crippen molar-refractivity contribution in [3.63, 3.8) is 0 Å². The molecular weight excluding hydrogens is 319 g/mol. The van der Waals surface area contributed by atoms with Crippen molar-refractivity contribution in [2.45, 2.75) is 26.4 Å². The van der Waals surface area contributed by atoms with E-state index in [4.69, 9.17) is 4.74 Å². The van der Waals surface area contributed by atoms with E-state index >= 15 is 0 Å². The summed E-state index contributed by atoms with van der Waals surface area (Å²) in [4.78, 5) is 16.7. The van der Waals surface area contributed by atoms with Gasteiger partial charge in [-0.25, -0.2) is 4.39 Å². The highest BCUT2D eigenvalue weighted by Gasteiger charge is 2.33. The second-order valence-corrected chi connectivity index (χ2v) is 6.40. The molecule has 0 saturated carbocycles. The maximum absolute atomic E-state index is 13.9. The number of anilines is 1. The molecule has 0 aromatic heterocycles. The number of ether oxygens (including phenoxy) is 1. The van der Waals surface area contributed by atoms with Crippen molar-refractivity contribution in [3.8, 4) is 5.75 Å². The van der Waals surface area contributed by atoms with E-state index in [2.05, 4.69) is 0 Å². The van der Waals surface area contributed by atoms with Gasteiger partial charge < -0.3 is 9.64 Å². The first-order valence-electron chi connectivity index (χ1n) is 8.44. The van der Waals surface area contributed by atoms with Crippen LogP contribution in [0, 0.1) is 12.7 Å². The maximum Gasteiger partial charge on any atom is 0.244 e. The molecule has 25 heavy (non-hydrogen) atoms. The number of nitrogens with zero attached hydrogens (tertiary/aromatic N) is 2. The highest BCUT2D eigenvalue weighted by atomic mass is 19.1. The Bertz CT molecular complexity index is 778. The van der Waals surface area contributed by atoms with Gasteiger partial charge in [0.2, 0.25) is 5.91 Å². The molecule has 2 aromatic carbocycles. The molecule has 5 heteroatoms. The Morgan fingerprint density at radius 1 is 1.20 bits per heavy atom. The number of benzene rings is 2. The first-order chi connectivity index (χ1) is 12.0. The molecule has 0 spiro atoms. The number of hydrogen-bond donors (Lipinski definition) is 0. The third-order valence-corrected chi connectivity index (χ3v) is 4.74. The van der Waals surface area contributed by atoms with E-state index in [1.807, 2.05) is 43.0 Å². The van der Waals surface area contributed by atoms with Crippen LogP contribution in [0.15, 0.2) is 42.5 Å². The number of halogens is 1. The average Bonchev–Trinajstić information content (AvgIpc) is 2.61. The zero-order valence-electron chi connectivity index (χ0n) is 14.8. The fraction of sp³-hybridized carbons (Fsp3) is 0.350. The van der Waals surface area contributed by atoms with E-state index in [1.54, 1.807) is 24.1 Å². The van der Waals surface area contributed by atoms with Gasteiger partial charge in [0.05, 0.1) is 18.8 Å². The van der Waals surface area contributed by atoms with Gasteiger partial charge in [0.25, 0.3) is 0 Å². The molecule has 3 rings (SSSR count). The van der Waals surface area contributed by atoms with Crippen LogP contribution >= 0.6 is 0 Å². The molecule has 1 atom stereocenters. The molecule has 1 aliphatic rings. The van der Waals surface area contributed by atoms with Crippen LogP contribution in [0.5, 0.6) is 5.75 Å². The summed E-state index contributed by atoms with van der Waals surface area (Å²) in [7, 11) is 1.61. The van der Waals surface area contributed by atoms with Crippen LogP contribution in [0.25, 0.3) is 0 Å². The van der Waals surface area contributed by atoms with E-state index in [-0.39, 0.29) is 17.8 Å². The SMILES string of the molecule is COc1ccc(C)cc1N1CCN(Cc2ccccc2F)C(C)C1=O. The second kappa shape index (κ2) is 7.23. The van der Waals surface area contributed by atoms with Crippen molar-refractivity contribution < 1.29 is 13.9 Å². The summed E-state index contributed by atoms with van der Waals surface area (Å²) in [5.41, 5.74) is 2.48. The predicted molar refractivity (Wildman–Crippen MR) is 96.4 cm³/mol. The third-order valence-electron chi connectivity index (χ3n) is 4.74. The first kappa shape index (κ1) is 17.4. The van der Waals surface area contributed by atoms with Gasteiger partial charge in [-0.1, -0.05) is 24.3 Å². The number of hydrogen-bond acceptors (Lipinski definition) is 3. The van der Waals surface area contributed by atoms with E-state index in [9.17, 15) is 9.18 Å². The van der Waals surface area contributed by atoms with Crippen LogP contribution in [-0.4, -0.2) is 37.0 Å². The van der Waals surface area contributed by atoms with E-state index in [0.29, 0.717) is 30.9 Å². The largest absolute Gasteiger partial charge is 0.495 e. The van der Waals surface area contributed by atoms with Gasteiger partial charge in [0.1, 0.15) is 11.6 Å². The molecule has 0 aliphatic carbocycles. The molecule has 1 amide bonds. The van der Waals surface area contributed by atoms with Crippen LogP contribution in [-0.2, 0) is 11.3 Å². The monoisotopic (exact) mass is 342 g/mol. The number of amides is 1. The van der Waals surface area contributed by atoms with Crippen molar-refractivity contribution in [3.05, 3.63) is 59.4 Å². The van der Waals surface area contributed by atoms with Gasteiger partial charge in [-0.3, -0.25) is 9.69 Å². The fourth-order valence-electron chi connectivity index (χ4n) is 3.23. The summed E-state index contributed by atoms with van der Waals surface area (Å²) in [6.07, 6.45) is 0. The molecule has 1 saturated heterocycles. The minimum Gasteiger partial charge on any atom is -0.495 e. The van der Waals surface area contributed by atoms with Crippen LogP contribution in [0.3, 0.4) is 0 Å². The third kappa shape index (κ3) is 3.51. The molecule has 1 fully saturated rings. The van der Waals surface area contributed by atoms with E-state index in [0.717, 1.165) is 11.3 Å². The number of methoxy groups -OCH3 is 1. The lowest BCUT2D eigenvalue weighted by atomic mass is 10.1. The smallest absolute Gasteiger partial charge is 0.244 e.